The van der Waals surface area contributed by atoms with Crippen LogP contribution in [0, 0.1) is 6.92 Å². The van der Waals surface area contributed by atoms with E-state index in [-0.39, 0.29) is 10.9 Å². The Morgan fingerprint density at radius 1 is 1.14 bits per heavy atom. The zero-order chi connectivity index (χ0) is 26.1. The largest absolute Gasteiger partial charge is 0.497 e. The molecule has 0 radical (unpaired) electrons. The lowest BCUT2D eigenvalue weighted by Crippen LogP contribution is -2.45. The minimum atomic E-state index is -4.05. The molecule has 1 aliphatic rings. The highest BCUT2D eigenvalue weighted by atomic mass is 35.5. The average molecular weight is 529 g/mol. The summed E-state index contributed by atoms with van der Waals surface area (Å²) in [5, 5.41) is 3.45. The number of anilines is 1. The quantitative estimate of drug-likeness (QED) is 0.451. The Morgan fingerprint density at radius 3 is 2.53 bits per heavy atom. The third-order valence-corrected chi connectivity index (χ3v) is 8.03. The van der Waals surface area contributed by atoms with Crippen molar-refractivity contribution < 1.29 is 22.7 Å². The van der Waals surface area contributed by atoms with Gasteiger partial charge in [-0.1, -0.05) is 23.7 Å². The van der Waals surface area contributed by atoms with Gasteiger partial charge in [-0.05, 0) is 80.9 Å². The molecule has 0 bridgehead atoms. The number of sulfonamides is 1. The van der Waals surface area contributed by atoms with Crippen LogP contribution in [0.2, 0.25) is 5.02 Å². The van der Waals surface area contributed by atoms with Crippen LogP contribution < -0.4 is 19.1 Å². The van der Waals surface area contributed by atoms with Crippen molar-refractivity contribution in [1.82, 2.24) is 5.32 Å². The van der Waals surface area contributed by atoms with Gasteiger partial charge in [0.25, 0.3) is 10.0 Å². The lowest BCUT2D eigenvalue weighted by molar-refractivity contribution is -0.120. The molecule has 0 saturated carbocycles. The number of halogens is 1. The van der Waals surface area contributed by atoms with Gasteiger partial charge < -0.3 is 14.8 Å². The van der Waals surface area contributed by atoms with E-state index in [1.54, 1.807) is 31.4 Å². The minimum absolute atomic E-state index is 0.0449. The maximum absolute atomic E-state index is 13.6. The van der Waals surface area contributed by atoms with Crippen LogP contribution in [0.15, 0.2) is 71.6 Å². The summed E-state index contributed by atoms with van der Waals surface area (Å²) in [5.41, 5.74) is 1.53. The summed E-state index contributed by atoms with van der Waals surface area (Å²) in [6.45, 7) is 5.36. The van der Waals surface area contributed by atoms with E-state index in [1.165, 1.54) is 24.3 Å². The Morgan fingerprint density at radius 2 is 1.86 bits per heavy atom. The van der Waals surface area contributed by atoms with E-state index >= 15 is 0 Å². The van der Waals surface area contributed by atoms with Crippen LogP contribution in [0.5, 0.6) is 11.5 Å². The minimum Gasteiger partial charge on any atom is -0.497 e. The molecule has 1 heterocycles. The molecule has 0 saturated heterocycles. The zero-order valence-corrected chi connectivity index (χ0v) is 22.2. The van der Waals surface area contributed by atoms with E-state index in [2.05, 4.69) is 5.32 Å². The second-order valence-corrected chi connectivity index (χ2v) is 11.7. The molecule has 1 N–H and O–H groups in total. The number of carbonyl (C=O) groups is 1. The van der Waals surface area contributed by atoms with Crippen molar-refractivity contribution in [2.24, 2.45) is 0 Å². The number of carbonyl (C=O) groups excluding carboxylic acids is 1. The van der Waals surface area contributed by atoms with Gasteiger partial charge in [-0.15, -0.1) is 0 Å². The van der Waals surface area contributed by atoms with Crippen LogP contribution in [-0.2, 0) is 14.8 Å². The van der Waals surface area contributed by atoms with Gasteiger partial charge in [0.1, 0.15) is 23.6 Å². The first-order valence-corrected chi connectivity index (χ1v) is 13.3. The van der Waals surface area contributed by atoms with Gasteiger partial charge in [0, 0.05) is 17.0 Å². The van der Waals surface area contributed by atoms with Gasteiger partial charge >= 0.3 is 0 Å². The lowest BCUT2D eigenvalue weighted by atomic mass is 9.89. The van der Waals surface area contributed by atoms with Gasteiger partial charge in [0.05, 0.1) is 23.7 Å². The normalized spacial score (nSPS) is 16.4. The lowest BCUT2D eigenvalue weighted by Gasteiger charge is -2.38. The van der Waals surface area contributed by atoms with Crippen LogP contribution in [0.3, 0.4) is 0 Å². The molecule has 9 heteroatoms. The fourth-order valence-corrected chi connectivity index (χ4v) is 5.83. The number of rotatable bonds is 7. The third kappa shape index (κ3) is 5.60. The van der Waals surface area contributed by atoms with Crippen molar-refractivity contribution in [3.63, 3.8) is 0 Å². The SMILES string of the molecule is COc1ccc2c(c1)C(NC(=O)CN(c1cccc(C)c1)S(=O)(=O)c1ccc(Cl)cc1)CC(C)(C)O2. The highest BCUT2D eigenvalue weighted by Gasteiger charge is 2.36. The number of aryl methyl sites for hydroxylation is 1. The van der Waals surface area contributed by atoms with E-state index < -0.39 is 28.1 Å². The first kappa shape index (κ1) is 25.9. The number of hydrogen-bond acceptors (Lipinski definition) is 5. The predicted molar refractivity (Wildman–Crippen MR) is 140 cm³/mol. The highest BCUT2D eigenvalue weighted by molar-refractivity contribution is 7.92. The molecule has 1 atom stereocenters. The van der Waals surface area contributed by atoms with E-state index in [1.807, 2.05) is 39.0 Å². The Balaban J connectivity index is 1.66. The van der Waals surface area contributed by atoms with E-state index in [9.17, 15) is 13.2 Å². The summed E-state index contributed by atoms with van der Waals surface area (Å²) in [6, 6.07) is 18.0. The summed E-state index contributed by atoms with van der Waals surface area (Å²) in [4.78, 5) is 13.4. The summed E-state index contributed by atoms with van der Waals surface area (Å²) in [6.07, 6.45) is 0.507. The number of fused-ring (bicyclic) bond motifs is 1. The predicted octanol–water partition coefficient (Wildman–Crippen LogP) is 5.27. The summed E-state index contributed by atoms with van der Waals surface area (Å²) >= 11 is 5.97. The summed E-state index contributed by atoms with van der Waals surface area (Å²) in [5.74, 6) is 0.857. The number of benzene rings is 3. The molecular formula is C27H29ClN2O5S. The average Bonchev–Trinajstić information content (AvgIpc) is 2.82. The van der Waals surface area contributed by atoms with Crippen molar-refractivity contribution in [1.29, 1.82) is 0 Å². The van der Waals surface area contributed by atoms with Crippen molar-refractivity contribution in [3.05, 3.63) is 82.9 Å². The zero-order valence-electron chi connectivity index (χ0n) is 20.6. The van der Waals surface area contributed by atoms with E-state index in [4.69, 9.17) is 21.1 Å². The molecule has 4 rings (SSSR count). The molecule has 0 aromatic heterocycles. The molecule has 7 nitrogen and oxygen atoms in total. The second kappa shape index (κ2) is 10.0. The maximum Gasteiger partial charge on any atom is 0.264 e. The van der Waals surface area contributed by atoms with E-state index in [0.29, 0.717) is 28.6 Å². The molecule has 1 unspecified atom stereocenters. The number of nitrogens with one attached hydrogen (secondary N) is 1. The van der Waals surface area contributed by atoms with Gasteiger partial charge in [0.15, 0.2) is 0 Å². The fourth-order valence-electron chi connectivity index (χ4n) is 4.29. The van der Waals surface area contributed by atoms with Crippen LogP contribution >= 0.6 is 11.6 Å². The first-order valence-electron chi connectivity index (χ1n) is 11.5. The molecule has 0 spiro atoms. The van der Waals surface area contributed by atoms with Gasteiger partial charge in [0.2, 0.25) is 5.91 Å². The van der Waals surface area contributed by atoms with E-state index in [0.717, 1.165) is 15.4 Å². The fraction of sp³-hybridized carbons (Fsp3) is 0.296. The molecule has 3 aromatic rings. The number of ether oxygens (including phenoxy) is 2. The topological polar surface area (TPSA) is 84.9 Å². The van der Waals surface area contributed by atoms with Crippen molar-refractivity contribution in [2.75, 3.05) is 18.0 Å². The van der Waals surface area contributed by atoms with Gasteiger partial charge in [-0.25, -0.2) is 8.42 Å². The first-order chi connectivity index (χ1) is 17.0. The number of methoxy groups -OCH3 is 1. The monoisotopic (exact) mass is 528 g/mol. The summed E-state index contributed by atoms with van der Waals surface area (Å²) in [7, 11) is -2.47. The van der Waals surface area contributed by atoms with Gasteiger partial charge in [-0.2, -0.15) is 0 Å². The Hall–Kier alpha value is -3.23. The molecule has 190 valence electrons. The highest BCUT2D eigenvalue weighted by Crippen LogP contribution is 2.41. The molecule has 0 fully saturated rings. The Bertz CT molecular complexity index is 1370. The van der Waals surface area contributed by atoms with Crippen LogP contribution in [0.25, 0.3) is 0 Å². The van der Waals surface area contributed by atoms with Crippen molar-refractivity contribution in [3.8, 4) is 11.5 Å². The molecule has 0 aliphatic carbocycles. The second-order valence-electron chi connectivity index (χ2n) is 9.39. The summed E-state index contributed by atoms with van der Waals surface area (Å²) < 4.78 is 39.8. The van der Waals surface area contributed by atoms with Gasteiger partial charge in [-0.3, -0.25) is 9.10 Å². The Labute approximate surface area is 217 Å². The smallest absolute Gasteiger partial charge is 0.264 e. The molecule has 3 aromatic carbocycles. The standard InChI is InChI=1S/C27H29ClN2O5S/c1-18-6-5-7-20(14-18)30(36(32,33)22-11-8-19(28)9-12-22)17-26(31)29-24-16-27(2,3)35-25-13-10-21(34-4)15-23(24)25/h5-15,24H,16-17H2,1-4H3,(H,29,31). The molecular weight excluding hydrogens is 500 g/mol. The van der Waals surface area contributed by atoms with Crippen LogP contribution in [0.1, 0.15) is 37.4 Å². The number of amides is 1. The third-order valence-electron chi connectivity index (χ3n) is 5.99. The maximum atomic E-state index is 13.6. The van der Waals surface area contributed by atoms with Crippen LogP contribution in [0.4, 0.5) is 5.69 Å². The molecule has 36 heavy (non-hydrogen) atoms. The molecule has 1 amide bonds. The number of nitrogens with zero attached hydrogens (tertiary/aromatic N) is 1. The molecule has 1 aliphatic heterocycles. The number of hydrogen-bond donors (Lipinski definition) is 1. The van der Waals surface area contributed by atoms with Crippen LogP contribution in [-0.4, -0.2) is 33.6 Å². The van der Waals surface area contributed by atoms with Crippen molar-refractivity contribution in [2.45, 2.75) is 43.7 Å². The van der Waals surface area contributed by atoms with Crippen molar-refractivity contribution >= 4 is 33.2 Å². The Kier molecular flexibility index (Phi) is 7.20.